The quantitative estimate of drug-likeness (QED) is 0.696. The Hall–Kier alpha value is -1.15. The van der Waals surface area contributed by atoms with Gasteiger partial charge in [0, 0.05) is 12.8 Å². The Morgan fingerprint density at radius 2 is 1.89 bits per heavy atom. The molecule has 0 aromatic carbocycles. The Labute approximate surface area is 101 Å². The van der Waals surface area contributed by atoms with E-state index in [2.05, 4.69) is 4.74 Å². The van der Waals surface area contributed by atoms with Crippen molar-refractivity contribution in [1.29, 1.82) is 0 Å². The van der Waals surface area contributed by atoms with Gasteiger partial charge >= 0.3 is 12.1 Å². The van der Waals surface area contributed by atoms with E-state index in [1.807, 2.05) is 0 Å². The molecule has 0 heterocycles. The average molecular weight is 270 g/mol. The summed E-state index contributed by atoms with van der Waals surface area (Å²) >= 11 is 0. The molecule has 1 fully saturated rings. The molecular weight excluding hydrogens is 257 g/mol. The van der Waals surface area contributed by atoms with E-state index in [1.165, 1.54) is 0 Å². The predicted octanol–water partition coefficient (Wildman–Crippen LogP) is 0.183. The van der Waals surface area contributed by atoms with Crippen molar-refractivity contribution in [3.8, 4) is 0 Å². The molecule has 2 unspecified atom stereocenters. The van der Waals surface area contributed by atoms with E-state index in [-0.39, 0.29) is 12.8 Å². The molecule has 8 heteroatoms. The van der Waals surface area contributed by atoms with E-state index in [4.69, 9.17) is 5.11 Å². The lowest BCUT2D eigenvalue weighted by molar-refractivity contribution is -0.215. The number of alkyl halides is 3. The second-order valence-electron chi connectivity index (χ2n) is 4.19. The van der Waals surface area contributed by atoms with Gasteiger partial charge in [0.05, 0.1) is 6.61 Å². The first-order valence-corrected chi connectivity index (χ1v) is 5.26. The summed E-state index contributed by atoms with van der Waals surface area (Å²) in [5, 5.41) is 18.3. The lowest BCUT2D eigenvalue weighted by atomic mass is 9.85. The number of ether oxygens (including phenoxy) is 1. The molecule has 0 bridgehead atoms. The molecule has 1 saturated carbocycles. The van der Waals surface area contributed by atoms with Gasteiger partial charge < -0.3 is 14.9 Å². The summed E-state index contributed by atoms with van der Waals surface area (Å²) in [6.45, 7) is -0.267. The molecule has 18 heavy (non-hydrogen) atoms. The third-order valence-electron chi connectivity index (χ3n) is 2.78. The van der Waals surface area contributed by atoms with Crippen LogP contribution in [0.2, 0.25) is 0 Å². The maximum absolute atomic E-state index is 12.5. The summed E-state index contributed by atoms with van der Waals surface area (Å²) in [6.07, 6.45) is -6.92. The molecular formula is C10H13F3O5. The molecule has 0 aromatic heterocycles. The topological polar surface area (TPSA) is 83.8 Å². The molecule has 1 aliphatic carbocycles. The number of rotatable bonds is 5. The van der Waals surface area contributed by atoms with Gasteiger partial charge in [-0.3, -0.25) is 9.59 Å². The highest BCUT2D eigenvalue weighted by molar-refractivity contribution is 5.95. The van der Waals surface area contributed by atoms with Crippen LogP contribution < -0.4 is 0 Å². The van der Waals surface area contributed by atoms with Crippen LogP contribution in [0, 0.1) is 5.92 Å². The molecule has 2 N–H and O–H groups in total. The molecule has 5 nitrogen and oxygen atoms in total. The Morgan fingerprint density at radius 1 is 1.39 bits per heavy atom. The number of carbonyl (C=O) groups is 2. The summed E-state index contributed by atoms with van der Waals surface area (Å²) < 4.78 is 42.1. The maximum Gasteiger partial charge on any atom is 0.454 e. The molecule has 0 aromatic rings. The third-order valence-corrected chi connectivity index (χ3v) is 2.78. The fourth-order valence-corrected chi connectivity index (χ4v) is 1.91. The van der Waals surface area contributed by atoms with Gasteiger partial charge in [-0.15, -0.1) is 0 Å². The van der Waals surface area contributed by atoms with E-state index in [1.54, 1.807) is 0 Å². The zero-order chi connectivity index (χ0) is 14.1. The lowest BCUT2D eigenvalue weighted by Crippen LogP contribution is -2.60. The van der Waals surface area contributed by atoms with E-state index < -0.39 is 42.2 Å². The van der Waals surface area contributed by atoms with Crippen LogP contribution in [0.3, 0.4) is 0 Å². The second-order valence-corrected chi connectivity index (χ2v) is 4.19. The number of hydrogen-bond donors (Lipinski definition) is 2. The van der Waals surface area contributed by atoms with Gasteiger partial charge in [0.1, 0.15) is 6.10 Å². The van der Waals surface area contributed by atoms with Crippen LogP contribution in [-0.4, -0.2) is 46.5 Å². The Bertz CT molecular complexity index is 350. The normalized spacial score (nSPS) is 21.0. The van der Waals surface area contributed by atoms with Crippen molar-refractivity contribution in [1.82, 2.24) is 0 Å². The van der Waals surface area contributed by atoms with Crippen LogP contribution in [0.1, 0.15) is 19.8 Å². The zero-order valence-electron chi connectivity index (χ0n) is 9.53. The number of Topliss-reactive ketones (excluding diaryl/α,β-unsaturated/α-hetero) is 1. The summed E-state index contributed by atoms with van der Waals surface area (Å²) in [5.74, 6) is -4.38. The number of aliphatic hydroxyl groups excluding tert-OH is 2. The van der Waals surface area contributed by atoms with Gasteiger partial charge in [-0.2, -0.15) is 13.2 Å². The minimum absolute atomic E-state index is 0.214. The standard InChI is InChI=1S/C10H13F3O5/c1-5(15)18-9(6-2-3-6,7(16)4-14)8(17)10(11,12)13/h6-7,14,16H,2-4H2,1H3. The third kappa shape index (κ3) is 2.64. The number of halogens is 3. The summed E-state index contributed by atoms with van der Waals surface area (Å²) in [4.78, 5) is 22.3. The van der Waals surface area contributed by atoms with Crippen LogP contribution in [0.5, 0.6) is 0 Å². The largest absolute Gasteiger partial charge is 0.454 e. The summed E-state index contributed by atoms with van der Waals surface area (Å²) in [7, 11) is 0. The van der Waals surface area contributed by atoms with Crippen LogP contribution in [0.4, 0.5) is 13.2 Å². The molecule has 0 aliphatic heterocycles. The first kappa shape index (κ1) is 14.9. The van der Waals surface area contributed by atoms with Crippen molar-refractivity contribution >= 4 is 11.8 Å². The van der Waals surface area contributed by atoms with Crippen LogP contribution in [0.25, 0.3) is 0 Å². The number of ketones is 1. The number of carbonyl (C=O) groups excluding carboxylic acids is 2. The molecule has 104 valence electrons. The number of esters is 1. The second kappa shape index (κ2) is 4.85. The van der Waals surface area contributed by atoms with Crippen molar-refractivity contribution in [3.63, 3.8) is 0 Å². The first-order valence-electron chi connectivity index (χ1n) is 5.26. The average Bonchev–Trinajstić information content (AvgIpc) is 3.06. The summed E-state index contributed by atoms with van der Waals surface area (Å²) in [6, 6.07) is 0. The monoisotopic (exact) mass is 270 g/mol. The van der Waals surface area contributed by atoms with E-state index in [0.717, 1.165) is 6.92 Å². The molecule has 0 radical (unpaired) electrons. The SMILES string of the molecule is CC(=O)OC(C(=O)C(F)(F)F)(C(O)CO)C1CC1. The summed E-state index contributed by atoms with van der Waals surface area (Å²) in [5.41, 5.74) is -2.72. The molecule has 2 atom stereocenters. The predicted molar refractivity (Wildman–Crippen MR) is 51.4 cm³/mol. The van der Waals surface area contributed by atoms with Crippen molar-refractivity contribution in [2.45, 2.75) is 37.6 Å². The van der Waals surface area contributed by atoms with E-state index >= 15 is 0 Å². The molecule has 1 rings (SSSR count). The highest BCUT2D eigenvalue weighted by Gasteiger charge is 2.65. The van der Waals surface area contributed by atoms with Crippen LogP contribution in [0.15, 0.2) is 0 Å². The highest BCUT2D eigenvalue weighted by Crippen LogP contribution is 2.47. The molecule has 0 saturated heterocycles. The fraction of sp³-hybridized carbons (Fsp3) is 0.800. The number of aliphatic hydroxyl groups is 2. The first-order chi connectivity index (χ1) is 8.16. The highest BCUT2D eigenvalue weighted by atomic mass is 19.4. The van der Waals surface area contributed by atoms with Gasteiger partial charge in [-0.05, 0) is 12.8 Å². The Balaban J connectivity index is 3.20. The number of hydrogen-bond acceptors (Lipinski definition) is 5. The smallest absolute Gasteiger partial charge is 0.448 e. The Morgan fingerprint density at radius 3 is 2.17 bits per heavy atom. The van der Waals surface area contributed by atoms with Gasteiger partial charge in [-0.25, -0.2) is 0 Å². The van der Waals surface area contributed by atoms with Crippen LogP contribution >= 0.6 is 0 Å². The fourth-order valence-electron chi connectivity index (χ4n) is 1.91. The van der Waals surface area contributed by atoms with Gasteiger partial charge in [0.25, 0.3) is 5.78 Å². The van der Waals surface area contributed by atoms with E-state index in [9.17, 15) is 27.9 Å². The van der Waals surface area contributed by atoms with Gasteiger partial charge in [-0.1, -0.05) is 0 Å². The molecule has 0 amide bonds. The zero-order valence-corrected chi connectivity index (χ0v) is 9.53. The van der Waals surface area contributed by atoms with E-state index in [0.29, 0.717) is 0 Å². The van der Waals surface area contributed by atoms with Crippen molar-refractivity contribution in [3.05, 3.63) is 0 Å². The minimum atomic E-state index is -5.26. The minimum Gasteiger partial charge on any atom is -0.448 e. The molecule has 1 aliphatic rings. The lowest BCUT2D eigenvalue weighted by Gasteiger charge is -2.35. The molecule has 0 spiro atoms. The van der Waals surface area contributed by atoms with Crippen molar-refractivity contribution < 1.29 is 37.7 Å². The van der Waals surface area contributed by atoms with Gasteiger partial charge in [0.2, 0.25) is 5.60 Å². The van der Waals surface area contributed by atoms with Crippen LogP contribution in [-0.2, 0) is 14.3 Å². The van der Waals surface area contributed by atoms with Gasteiger partial charge in [0.15, 0.2) is 0 Å². The maximum atomic E-state index is 12.5. The van der Waals surface area contributed by atoms with Crippen molar-refractivity contribution in [2.75, 3.05) is 6.61 Å². The Kier molecular flexibility index (Phi) is 4.02. The van der Waals surface area contributed by atoms with Crippen molar-refractivity contribution in [2.24, 2.45) is 5.92 Å².